The maximum absolute atomic E-state index is 5.58. The zero-order chi connectivity index (χ0) is 12.8. The van der Waals surface area contributed by atoms with E-state index in [1.807, 2.05) is 37.5 Å². The largest absolute Gasteiger partial charge is 0.487 e. The highest BCUT2D eigenvalue weighted by Gasteiger charge is 1.99. The Kier molecular flexibility index (Phi) is 3.94. The van der Waals surface area contributed by atoms with Crippen LogP contribution >= 0.6 is 0 Å². The van der Waals surface area contributed by atoms with E-state index in [1.165, 1.54) is 0 Å². The van der Waals surface area contributed by atoms with Crippen molar-refractivity contribution in [3.8, 4) is 17.6 Å². The summed E-state index contributed by atoms with van der Waals surface area (Å²) in [6.45, 7) is 0.770. The Labute approximate surface area is 106 Å². The van der Waals surface area contributed by atoms with E-state index < -0.39 is 0 Å². The number of hydrogen-bond donors (Lipinski definition) is 1. The van der Waals surface area contributed by atoms with Crippen molar-refractivity contribution in [3.63, 3.8) is 0 Å². The highest BCUT2D eigenvalue weighted by molar-refractivity contribution is 5.38. The normalized spacial score (nSPS) is 9.67. The summed E-state index contributed by atoms with van der Waals surface area (Å²) in [5, 5.41) is 7.77. The monoisotopic (exact) mass is 242 g/mol. The minimum absolute atomic E-state index is 0.366. The van der Waals surface area contributed by atoms with Gasteiger partial charge in [-0.2, -0.15) is 0 Å². The summed E-state index contributed by atoms with van der Waals surface area (Å²) in [7, 11) is 1.82. The SMILES string of the molecule is Cn1cc(COc2ccc(C#CCN)cc2)nn1. The molecule has 0 atom stereocenters. The summed E-state index contributed by atoms with van der Waals surface area (Å²) in [5.41, 5.74) is 7.03. The lowest BCUT2D eigenvalue weighted by molar-refractivity contribution is 0.301. The molecule has 0 spiro atoms. The summed E-state index contributed by atoms with van der Waals surface area (Å²) in [6, 6.07) is 7.54. The number of nitrogens with two attached hydrogens (primary N) is 1. The molecule has 0 saturated carbocycles. The molecule has 0 unspecified atom stereocenters. The Bertz CT molecular complexity index is 563. The van der Waals surface area contributed by atoms with Gasteiger partial charge in [0.2, 0.25) is 0 Å². The Morgan fingerprint density at radius 3 is 2.72 bits per heavy atom. The topological polar surface area (TPSA) is 66.0 Å². The van der Waals surface area contributed by atoms with Gasteiger partial charge >= 0.3 is 0 Å². The van der Waals surface area contributed by atoms with Crippen LogP contribution in [0.3, 0.4) is 0 Å². The van der Waals surface area contributed by atoms with Crippen LogP contribution in [-0.2, 0) is 13.7 Å². The van der Waals surface area contributed by atoms with E-state index in [-0.39, 0.29) is 0 Å². The van der Waals surface area contributed by atoms with Gasteiger partial charge in [-0.3, -0.25) is 4.68 Å². The van der Waals surface area contributed by atoms with Gasteiger partial charge in [-0.05, 0) is 24.3 Å². The van der Waals surface area contributed by atoms with Crippen molar-refractivity contribution in [2.45, 2.75) is 6.61 Å². The van der Waals surface area contributed by atoms with Gasteiger partial charge in [0.15, 0.2) is 0 Å². The van der Waals surface area contributed by atoms with Crippen molar-refractivity contribution >= 4 is 0 Å². The Morgan fingerprint density at radius 2 is 2.11 bits per heavy atom. The van der Waals surface area contributed by atoms with E-state index in [2.05, 4.69) is 22.2 Å². The molecule has 5 heteroatoms. The van der Waals surface area contributed by atoms with E-state index in [0.29, 0.717) is 13.2 Å². The molecule has 0 aliphatic heterocycles. The van der Waals surface area contributed by atoms with Crippen molar-refractivity contribution in [1.29, 1.82) is 0 Å². The molecule has 1 aromatic heterocycles. The van der Waals surface area contributed by atoms with Crippen LogP contribution in [0.2, 0.25) is 0 Å². The molecule has 0 bridgehead atoms. The lowest BCUT2D eigenvalue weighted by Gasteiger charge is -2.03. The molecule has 1 aromatic carbocycles. The first-order chi connectivity index (χ1) is 8.78. The molecule has 1 heterocycles. The van der Waals surface area contributed by atoms with Crippen molar-refractivity contribution in [1.82, 2.24) is 15.0 Å². The second-order valence-electron chi connectivity index (χ2n) is 3.70. The average molecular weight is 242 g/mol. The third-order valence-corrected chi connectivity index (χ3v) is 2.23. The summed E-state index contributed by atoms with van der Waals surface area (Å²) < 4.78 is 7.22. The molecule has 2 N–H and O–H groups in total. The van der Waals surface area contributed by atoms with Gasteiger partial charge in [0.1, 0.15) is 18.1 Å². The first-order valence-corrected chi connectivity index (χ1v) is 5.55. The van der Waals surface area contributed by atoms with Gasteiger partial charge in [-0.1, -0.05) is 17.1 Å². The van der Waals surface area contributed by atoms with E-state index in [0.717, 1.165) is 17.0 Å². The molecule has 18 heavy (non-hydrogen) atoms. The molecule has 0 radical (unpaired) electrons. The number of hydrogen-bond acceptors (Lipinski definition) is 4. The van der Waals surface area contributed by atoms with E-state index in [1.54, 1.807) is 4.68 Å². The Hall–Kier alpha value is -2.32. The molecule has 0 fully saturated rings. The molecule has 2 aromatic rings. The van der Waals surface area contributed by atoms with Crippen LogP contribution < -0.4 is 10.5 Å². The fourth-order valence-corrected chi connectivity index (χ4v) is 1.41. The highest BCUT2D eigenvalue weighted by Crippen LogP contribution is 2.12. The number of nitrogens with zero attached hydrogens (tertiary/aromatic N) is 3. The summed E-state index contributed by atoms with van der Waals surface area (Å²) >= 11 is 0. The van der Waals surface area contributed by atoms with Crippen molar-refractivity contribution in [3.05, 3.63) is 41.7 Å². The zero-order valence-corrected chi connectivity index (χ0v) is 10.1. The summed E-state index contributed by atoms with van der Waals surface area (Å²) in [5.74, 6) is 6.53. The molecule has 0 saturated heterocycles. The molecular formula is C13H14N4O. The van der Waals surface area contributed by atoms with Crippen LogP contribution in [0.25, 0.3) is 0 Å². The summed E-state index contributed by atoms with van der Waals surface area (Å²) in [4.78, 5) is 0. The molecule has 5 nitrogen and oxygen atoms in total. The molecule has 2 rings (SSSR count). The standard InChI is InChI=1S/C13H14N4O/c1-17-9-12(15-16-17)10-18-13-6-4-11(5-7-13)3-2-8-14/h4-7,9H,8,10,14H2,1H3. The maximum atomic E-state index is 5.58. The number of aryl methyl sites for hydroxylation is 1. The van der Waals surface area contributed by atoms with Crippen LogP contribution in [0.4, 0.5) is 0 Å². The van der Waals surface area contributed by atoms with Gasteiger partial charge in [0.05, 0.1) is 12.7 Å². The van der Waals surface area contributed by atoms with Gasteiger partial charge in [0, 0.05) is 12.6 Å². The van der Waals surface area contributed by atoms with E-state index >= 15 is 0 Å². The maximum Gasteiger partial charge on any atom is 0.134 e. The van der Waals surface area contributed by atoms with Gasteiger partial charge in [0.25, 0.3) is 0 Å². The van der Waals surface area contributed by atoms with Gasteiger partial charge < -0.3 is 10.5 Å². The van der Waals surface area contributed by atoms with Gasteiger partial charge in [-0.15, -0.1) is 5.10 Å². The smallest absolute Gasteiger partial charge is 0.134 e. The molecule has 0 aliphatic carbocycles. The van der Waals surface area contributed by atoms with E-state index in [4.69, 9.17) is 10.5 Å². The predicted molar refractivity (Wildman–Crippen MR) is 67.7 cm³/mol. The minimum Gasteiger partial charge on any atom is -0.487 e. The molecule has 0 aliphatic rings. The Morgan fingerprint density at radius 1 is 1.33 bits per heavy atom. The number of benzene rings is 1. The average Bonchev–Trinajstić information content (AvgIpc) is 2.81. The Balaban J connectivity index is 1.94. The lowest BCUT2D eigenvalue weighted by atomic mass is 10.2. The minimum atomic E-state index is 0.366. The first-order valence-electron chi connectivity index (χ1n) is 5.55. The number of aromatic nitrogens is 3. The third-order valence-electron chi connectivity index (χ3n) is 2.23. The molecule has 92 valence electrons. The van der Waals surface area contributed by atoms with Crippen LogP contribution in [0.1, 0.15) is 11.3 Å². The van der Waals surface area contributed by atoms with Crippen LogP contribution in [-0.4, -0.2) is 21.5 Å². The van der Waals surface area contributed by atoms with Crippen LogP contribution in [0.15, 0.2) is 30.5 Å². The van der Waals surface area contributed by atoms with Crippen LogP contribution in [0, 0.1) is 11.8 Å². The molecular weight excluding hydrogens is 228 g/mol. The fraction of sp³-hybridized carbons (Fsp3) is 0.231. The second kappa shape index (κ2) is 5.84. The summed E-state index contributed by atoms with van der Waals surface area (Å²) in [6.07, 6.45) is 1.82. The van der Waals surface area contributed by atoms with Crippen molar-refractivity contribution < 1.29 is 4.74 Å². The second-order valence-corrected chi connectivity index (χ2v) is 3.70. The fourth-order valence-electron chi connectivity index (χ4n) is 1.41. The molecule has 0 amide bonds. The number of ether oxygens (including phenoxy) is 1. The lowest BCUT2D eigenvalue weighted by Crippen LogP contribution is -1.96. The first kappa shape index (κ1) is 12.1. The zero-order valence-electron chi connectivity index (χ0n) is 10.1. The number of rotatable bonds is 3. The predicted octanol–water partition coefficient (Wildman–Crippen LogP) is 0.704. The van der Waals surface area contributed by atoms with Gasteiger partial charge in [-0.25, -0.2) is 0 Å². The van der Waals surface area contributed by atoms with E-state index in [9.17, 15) is 0 Å². The highest BCUT2D eigenvalue weighted by atomic mass is 16.5. The van der Waals surface area contributed by atoms with Crippen molar-refractivity contribution in [2.75, 3.05) is 6.54 Å². The third kappa shape index (κ3) is 3.34. The quantitative estimate of drug-likeness (QED) is 0.805. The van der Waals surface area contributed by atoms with Crippen LogP contribution in [0.5, 0.6) is 5.75 Å². The van der Waals surface area contributed by atoms with Crippen molar-refractivity contribution in [2.24, 2.45) is 12.8 Å².